The first kappa shape index (κ1) is 18.6. The van der Waals surface area contributed by atoms with Crippen LogP contribution in [0.4, 0.5) is 26.4 Å². The molecule has 0 aliphatic rings. The third-order valence-electron chi connectivity index (χ3n) is 3.39. The lowest BCUT2D eigenvalue weighted by molar-refractivity contribution is 0.0943. The van der Waals surface area contributed by atoms with E-state index in [2.05, 4.69) is 30.6 Å². The summed E-state index contributed by atoms with van der Waals surface area (Å²) in [5.74, 6) is -0.710. The molecular weight excluding hydrogens is 354 g/mol. The van der Waals surface area contributed by atoms with Gasteiger partial charge in [0.25, 0.3) is 0 Å². The molecule has 2 aromatic heterocycles. The predicted molar refractivity (Wildman–Crippen MR) is 97.5 cm³/mol. The number of nitrogens with one attached hydrogen (secondary N) is 2. The summed E-state index contributed by atoms with van der Waals surface area (Å²) in [6.45, 7) is 3.40. The molecule has 0 amide bonds. The van der Waals surface area contributed by atoms with Gasteiger partial charge in [0.2, 0.25) is 11.9 Å². The van der Waals surface area contributed by atoms with Crippen molar-refractivity contribution < 1.29 is 13.9 Å². The lowest BCUT2D eigenvalue weighted by atomic mass is 10.1. The van der Waals surface area contributed by atoms with Crippen molar-refractivity contribution in [2.75, 3.05) is 17.2 Å². The Labute approximate surface area is 154 Å². The number of rotatable bonds is 6. The first-order valence-electron chi connectivity index (χ1n) is 8.15. The van der Waals surface area contributed by atoms with E-state index in [-0.39, 0.29) is 29.8 Å². The highest BCUT2D eigenvalue weighted by Crippen LogP contribution is 2.22. The molecule has 0 saturated heterocycles. The molecule has 0 bridgehead atoms. The Bertz CT molecular complexity index is 945. The van der Waals surface area contributed by atoms with Gasteiger partial charge in [-0.15, -0.1) is 0 Å². The van der Waals surface area contributed by atoms with Crippen LogP contribution in [0.3, 0.4) is 0 Å². The van der Waals surface area contributed by atoms with E-state index in [9.17, 15) is 13.9 Å². The Morgan fingerprint density at radius 2 is 1.78 bits per heavy atom. The summed E-state index contributed by atoms with van der Waals surface area (Å²) in [6, 6.07) is 7.29. The minimum absolute atomic E-state index is 0.0777. The van der Waals surface area contributed by atoms with Gasteiger partial charge in [-0.3, -0.25) is 4.98 Å². The maximum Gasteiger partial charge on any atom is 0.232 e. The second kappa shape index (κ2) is 7.58. The Morgan fingerprint density at radius 3 is 2.48 bits per heavy atom. The highest BCUT2D eigenvalue weighted by molar-refractivity contribution is 5.61. The van der Waals surface area contributed by atoms with Gasteiger partial charge < -0.3 is 15.7 Å². The van der Waals surface area contributed by atoms with Crippen molar-refractivity contribution in [3.8, 4) is 11.4 Å². The van der Waals surface area contributed by atoms with Crippen molar-refractivity contribution >= 4 is 17.6 Å². The second-order valence-electron chi connectivity index (χ2n) is 6.47. The number of halogens is 2. The summed E-state index contributed by atoms with van der Waals surface area (Å²) >= 11 is 0. The van der Waals surface area contributed by atoms with Crippen molar-refractivity contribution in [1.29, 1.82) is 0 Å². The monoisotopic (exact) mass is 372 g/mol. The van der Waals surface area contributed by atoms with E-state index in [0.717, 1.165) is 6.20 Å². The summed E-state index contributed by atoms with van der Waals surface area (Å²) < 4.78 is 27.5. The molecule has 0 fully saturated rings. The second-order valence-corrected chi connectivity index (χ2v) is 6.47. The van der Waals surface area contributed by atoms with Crippen LogP contribution in [0.1, 0.15) is 13.8 Å². The summed E-state index contributed by atoms with van der Waals surface area (Å²) in [6.07, 6.45) is 2.47. The number of aliphatic hydroxyl groups is 1. The molecule has 3 aromatic rings. The number of anilines is 3. The van der Waals surface area contributed by atoms with Gasteiger partial charge in [-0.25, -0.2) is 8.78 Å². The summed E-state index contributed by atoms with van der Waals surface area (Å²) in [7, 11) is 0. The van der Waals surface area contributed by atoms with E-state index < -0.39 is 17.2 Å². The van der Waals surface area contributed by atoms with Crippen LogP contribution in [0.5, 0.6) is 0 Å². The van der Waals surface area contributed by atoms with Crippen LogP contribution in [-0.2, 0) is 0 Å². The van der Waals surface area contributed by atoms with Crippen molar-refractivity contribution in [1.82, 2.24) is 19.9 Å². The third-order valence-corrected chi connectivity index (χ3v) is 3.39. The standard InChI is InChI=1S/C18H18F2N6O/c1-18(2,27)10-22-16-24-15(13-5-3-4-6-14(13)20)25-17(26-16)23-12-7-11(19)8-21-9-12/h3-9,27H,10H2,1-2H3,(H2,22,23,24,25,26). The molecule has 7 nitrogen and oxygen atoms in total. The zero-order valence-corrected chi connectivity index (χ0v) is 14.7. The van der Waals surface area contributed by atoms with Gasteiger partial charge in [-0.2, -0.15) is 15.0 Å². The van der Waals surface area contributed by atoms with Gasteiger partial charge in [0.05, 0.1) is 29.2 Å². The number of benzene rings is 1. The molecule has 0 unspecified atom stereocenters. The van der Waals surface area contributed by atoms with Crippen LogP contribution < -0.4 is 10.6 Å². The summed E-state index contributed by atoms with van der Waals surface area (Å²) in [5, 5.41) is 15.6. The number of hydrogen-bond donors (Lipinski definition) is 3. The highest BCUT2D eigenvalue weighted by atomic mass is 19.1. The quantitative estimate of drug-likeness (QED) is 0.612. The molecule has 0 aliphatic heterocycles. The molecule has 9 heteroatoms. The van der Waals surface area contributed by atoms with Crippen LogP contribution >= 0.6 is 0 Å². The minimum atomic E-state index is -1.01. The molecule has 140 valence electrons. The summed E-state index contributed by atoms with van der Waals surface area (Å²) in [4.78, 5) is 16.4. The fourth-order valence-electron chi connectivity index (χ4n) is 2.18. The van der Waals surface area contributed by atoms with Gasteiger partial charge in [0.15, 0.2) is 5.82 Å². The first-order valence-corrected chi connectivity index (χ1v) is 8.15. The largest absolute Gasteiger partial charge is 0.389 e. The Morgan fingerprint density at radius 1 is 1.04 bits per heavy atom. The van der Waals surface area contributed by atoms with Gasteiger partial charge in [-0.05, 0) is 26.0 Å². The SMILES string of the molecule is CC(C)(O)CNc1nc(Nc2cncc(F)c2)nc(-c2ccccc2F)n1. The lowest BCUT2D eigenvalue weighted by Gasteiger charge is -2.18. The van der Waals surface area contributed by atoms with Gasteiger partial charge in [0, 0.05) is 12.6 Å². The number of nitrogens with zero attached hydrogens (tertiary/aromatic N) is 4. The van der Waals surface area contributed by atoms with Crippen molar-refractivity contribution in [3.63, 3.8) is 0 Å². The highest BCUT2D eigenvalue weighted by Gasteiger charge is 2.16. The van der Waals surface area contributed by atoms with Crippen molar-refractivity contribution in [2.24, 2.45) is 0 Å². The molecule has 1 aromatic carbocycles. The molecule has 2 heterocycles. The van der Waals surface area contributed by atoms with E-state index in [1.165, 1.54) is 24.4 Å². The topological polar surface area (TPSA) is 95.8 Å². The molecule has 0 aliphatic carbocycles. The maximum absolute atomic E-state index is 14.2. The van der Waals surface area contributed by atoms with Crippen molar-refractivity contribution in [2.45, 2.75) is 19.4 Å². The fourth-order valence-corrected chi connectivity index (χ4v) is 2.18. The number of hydrogen-bond acceptors (Lipinski definition) is 7. The Kier molecular flexibility index (Phi) is 5.22. The van der Waals surface area contributed by atoms with Gasteiger partial charge in [0.1, 0.15) is 11.6 Å². The van der Waals surface area contributed by atoms with Crippen LogP contribution in [0.2, 0.25) is 0 Å². The maximum atomic E-state index is 14.2. The average molecular weight is 372 g/mol. The smallest absolute Gasteiger partial charge is 0.232 e. The average Bonchev–Trinajstić information content (AvgIpc) is 2.60. The normalized spacial score (nSPS) is 11.3. The fraction of sp³-hybridized carbons (Fsp3) is 0.222. The zero-order valence-electron chi connectivity index (χ0n) is 14.7. The third kappa shape index (κ3) is 5.14. The molecular formula is C18H18F2N6O. The number of pyridine rings is 1. The van der Waals surface area contributed by atoms with E-state index in [1.807, 2.05) is 0 Å². The Balaban J connectivity index is 1.98. The van der Waals surface area contributed by atoms with E-state index in [0.29, 0.717) is 5.69 Å². The minimum Gasteiger partial charge on any atom is -0.389 e. The number of aromatic nitrogens is 4. The van der Waals surface area contributed by atoms with Crippen LogP contribution in [0.25, 0.3) is 11.4 Å². The van der Waals surface area contributed by atoms with Crippen LogP contribution in [0, 0.1) is 11.6 Å². The molecule has 3 rings (SSSR count). The first-order chi connectivity index (χ1) is 12.8. The van der Waals surface area contributed by atoms with Gasteiger partial charge in [-0.1, -0.05) is 12.1 Å². The predicted octanol–water partition coefficient (Wildman–Crippen LogP) is 3.14. The summed E-state index contributed by atoms with van der Waals surface area (Å²) in [5.41, 5.74) is -0.494. The van der Waals surface area contributed by atoms with Crippen molar-refractivity contribution in [3.05, 3.63) is 54.4 Å². The van der Waals surface area contributed by atoms with Crippen LogP contribution in [-0.4, -0.2) is 37.2 Å². The van der Waals surface area contributed by atoms with Crippen LogP contribution in [0.15, 0.2) is 42.7 Å². The van der Waals surface area contributed by atoms with Gasteiger partial charge >= 0.3 is 0 Å². The lowest BCUT2D eigenvalue weighted by Crippen LogP contribution is -2.30. The molecule has 3 N–H and O–H groups in total. The van der Waals surface area contributed by atoms with E-state index in [4.69, 9.17) is 0 Å². The Hall–Kier alpha value is -3.20. The van der Waals surface area contributed by atoms with E-state index >= 15 is 0 Å². The molecule has 0 saturated carbocycles. The molecule has 0 spiro atoms. The zero-order chi connectivity index (χ0) is 19.4. The molecule has 27 heavy (non-hydrogen) atoms. The molecule has 0 radical (unpaired) electrons. The van der Waals surface area contributed by atoms with E-state index in [1.54, 1.807) is 26.0 Å². The molecule has 0 atom stereocenters.